The minimum atomic E-state index is -0.271. The van der Waals surface area contributed by atoms with Crippen molar-refractivity contribution in [1.29, 1.82) is 0 Å². The minimum absolute atomic E-state index is 0.0505. The van der Waals surface area contributed by atoms with E-state index >= 15 is 0 Å². The van der Waals surface area contributed by atoms with Crippen molar-refractivity contribution >= 4 is 22.7 Å². The zero-order valence-electron chi connectivity index (χ0n) is 22.7. The Balaban J connectivity index is 1.26. The van der Waals surface area contributed by atoms with Gasteiger partial charge in [-0.3, -0.25) is 9.59 Å². The molecule has 1 aromatic heterocycles. The lowest BCUT2D eigenvalue weighted by atomic mass is 9.72. The number of carbonyl (C=O) groups excluding carboxylic acids is 2. The Bertz CT molecular complexity index is 1280. The van der Waals surface area contributed by atoms with Crippen molar-refractivity contribution in [2.24, 2.45) is 11.3 Å². The highest BCUT2D eigenvalue weighted by molar-refractivity contribution is 5.94. The van der Waals surface area contributed by atoms with Crippen LogP contribution in [0.5, 0.6) is 5.75 Å². The number of H-pyrrole nitrogens is 1. The first kappa shape index (κ1) is 26.3. The monoisotopic (exact) mass is 517 g/mol. The predicted molar refractivity (Wildman–Crippen MR) is 148 cm³/mol. The quantitative estimate of drug-likeness (QED) is 0.452. The molecule has 0 unspecified atom stereocenters. The number of methoxy groups -OCH3 is 1. The van der Waals surface area contributed by atoms with Gasteiger partial charge in [0.1, 0.15) is 5.75 Å². The number of nitrogens with zero attached hydrogens (tertiary/aromatic N) is 1. The first-order valence-electron chi connectivity index (χ1n) is 13.8. The van der Waals surface area contributed by atoms with Crippen LogP contribution in [0, 0.1) is 11.3 Å². The van der Waals surface area contributed by atoms with E-state index in [0.717, 1.165) is 54.5 Å². The van der Waals surface area contributed by atoms with Crippen molar-refractivity contribution in [2.75, 3.05) is 33.4 Å². The zero-order valence-corrected chi connectivity index (χ0v) is 22.7. The molecule has 2 aliphatic heterocycles. The number of aromatic nitrogens is 1. The number of piperidine rings is 1. The fraction of sp³-hybridized carbons (Fsp3) is 0.484. The van der Waals surface area contributed by atoms with Crippen LogP contribution in [0.15, 0.2) is 48.7 Å². The number of fused-ring (bicyclic) bond motifs is 2. The third-order valence-corrected chi connectivity index (χ3v) is 8.12. The smallest absolute Gasteiger partial charge is 0.251 e. The molecule has 0 saturated carbocycles. The number of hydrogen-bond donors (Lipinski definition) is 2. The van der Waals surface area contributed by atoms with Gasteiger partial charge < -0.3 is 24.7 Å². The second kappa shape index (κ2) is 11.2. The number of benzene rings is 2. The van der Waals surface area contributed by atoms with Gasteiger partial charge >= 0.3 is 0 Å². The van der Waals surface area contributed by atoms with Gasteiger partial charge in [-0.2, -0.15) is 0 Å². The Morgan fingerprint density at radius 1 is 1.21 bits per heavy atom. The van der Waals surface area contributed by atoms with E-state index in [1.54, 1.807) is 7.11 Å². The lowest BCUT2D eigenvalue weighted by Gasteiger charge is -2.50. The van der Waals surface area contributed by atoms with Crippen LogP contribution < -0.4 is 10.1 Å². The van der Waals surface area contributed by atoms with Crippen molar-refractivity contribution in [2.45, 2.75) is 52.1 Å². The van der Waals surface area contributed by atoms with Crippen LogP contribution in [-0.4, -0.2) is 61.2 Å². The van der Waals surface area contributed by atoms with E-state index in [0.29, 0.717) is 37.5 Å². The topological polar surface area (TPSA) is 83.7 Å². The number of amides is 2. The van der Waals surface area contributed by atoms with E-state index in [-0.39, 0.29) is 23.3 Å². The van der Waals surface area contributed by atoms with Crippen molar-refractivity contribution in [3.05, 3.63) is 65.4 Å². The molecule has 3 heterocycles. The van der Waals surface area contributed by atoms with Gasteiger partial charge in [-0.05, 0) is 67.0 Å². The molecule has 0 bridgehead atoms. The summed E-state index contributed by atoms with van der Waals surface area (Å²) in [5.41, 5.74) is 3.59. The van der Waals surface area contributed by atoms with Crippen LogP contribution in [0.1, 0.15) is 54.6 Å². The lowest BCUT2D eigenvalue weighted by Crippen LogP contribution is -2.60. The highest BCUT2D eigenvalue weighted by Gasteiger charge is 2.47. The van der Waals surface area contributed by atoms with E-state index in [2.05, 4.69) is 24.1 Å². The number of likely N-dealkylation sites (tertiary alicyclic amines) is 1. The maximum atomic E-state index is 13.5. The second-order valence-electron chi connectivity index (χ2n) is 11.3. The van der Waals surface area contributed by atoms with Crippen LogP contribution in [0.4, 0.5) is 0 Å². The number of hydrogen-bond acceptors (Lipinski definition) is 4. The van der Waals surface area contributed by atoms with Crippen LogP contribution >= 0.6 is 0 Å². The van der Waals surface area contributed by atoms with E-state index in [1.165, 1.54) is 5.56 Å². The Morgan fingerprint density at radius 3 is 2.79 bits per heavy atom. The fourth-order valence-electron chi connectivity index (χ4n) is 6.10. The number of rotatable bonds is 8. The van der Waals surface area contributed by atoms with Crippen LogP contribution in [0.25, 0.3) is 10.9 Å². The maximum Gasteiger partial charge on any atom is 0.251 e. The first-order chi connectivity index (χ1) is 18.4. The summed E-state index contributed by atoms with van der Waals surface area (Å²) in [6.45, 7) is 6.90. The van der Waals surface area contributed by atoms with Crippen molar-refractivity contribution in [1.82, 2.24) is 15.2 Å². The average molecular weight is 518 g/mol. The number of carbonyl (C=O) groups is 2. The molecule has 2 N–H and O–H groups in total. The fourth-order valence-corrected chi connectivity index (χ4v) is 6.10. The van der Waals surface area contributed by atoms with Crippen molar-refractivity contribution in [3.8, 4) is 5.75 Å². The summed E-state index contributed by atoms with van der Waals surface area (Å²) in [4.78, 5) is 31.8. The van der Waals surface area contributed by atoms with Gasteiger partial charge in [0.05, 0.1) is 19.6 Å². The molecular formula is C31H39N3O4. The summed E-state index contributed by atoms with van der Waals surface area (Å²) >= 11 is 0. The predicted octanol–water partition coefficient (Wildman–Crippen LogP) is 4.75. The van der Waals surface area contributed by atoms with Gasteiger partial charge in [-0.15, -0.1) is 0 Å². The normalized spacial score (nSPS) is 21.4. The number of aromatic amines is 1. The SMILES string of the molecule is COc1ccc2c(CC(=O)N3CC[C@H]4OCCC[C@@]4(CNC(=O)c4ccc(CC(C)C)cc4)C3)c[nH]c2c1. The van der Waals surface area contributed by atoms with Gasteiger partial charge in [0.15, 0.2) is 0 Å². The molecule has 2 atom stereocenters. The molecule has 3 aromatic rings. The molecule has 7 nitrogen and oxygen atoms in total. The Kier molecular flexibility index (Phi) is 7.75. The summed E-state index contributed by atoms with van der Waals surface area (Å²) in [6.07, 6.45) is 5.96. The van der Waals surface area contributed by atoms with Crippen LogP contribution in [0.3, 0.4) is 0 Å². The molecule has 2 fully saturated rings. The molecule has 2 aromatic carbocycles. The van der Waals surface area contributed by atoms with Gasteiger partial charge in [0.25, 0.3) is 5.91 Å². The summed E-state index contributed by atoms with van der Waals surface area (Å²) in [5.74, 6) is 1.40. The van der Waals surface area contributed by atoms with Gasteiger partial charge in [0.2, 0.25) is 5.91 Å². The Hall–Kier alpha value is -3.32. The minimum Gasteiger partial charge on any atom is -0.497 e. The third-order valence-electron chi connectivity index (χ3n) is 8.12. The lowest BCUT2D eigenvalue weighted by molar-refractivity contribution is -0.150. The average Bonchev–Trinajstić information content (AvgIpc) is 3.33. The molecule has 5 rings (SSSR count). The second-order valence-corrected chi connectivity index (χ2v) is 11.3. The first-order valence-corrected chi connectivity index (χ1v) is 13.8. The summed E-state index contributed by atoms with van der Waals surface area (Å²) in [7, 11) is 1.65. The van der Waals surface area contributed by atoms with Crippen LogP contribution in [-0.2, 0) is 22.4 Å². The summed E-state index contributed by atoms with van der Waals surface area (Å²) < 4.78 is 11.5. The molecule has 0 radical (unpaired) electrons. The number of nitrogens with one attached hydrogen (secondary N) is 2. The summed E-state index contributed by atoms with van der Waals surface area (Å²) in [5, 5.41) is 4.22. The Morgan fingerprint density at radius 2 is 2.03 bits per heavy atom. The molecule has 0 spiro atoms. The van der Waals surface area contributed by atoms with E-state index in [4.69, 9.17) is 9.47 Å². The molecule has 2 amide bonds. The summed E-state index contributed by atoms with van der Waals surface area (Å²) in [6, 6.07) is 13.8. The van der Waals surface area contributed by atoms with Crippen LogP contribution in [0.2, 0.25) is 0 Å². The number of ether oxygens (including phenoxy) is 2. The highest BCUT2D eigenvalue weighted by Crippen LogP contribution is 2.40. The van der Waals surface area contributed by atoms with Crippen molar-refractivity contribution in [3.63, 3.8) is 0 Å². The highest BCUT2D eigenvalue weighted by atomic mass is 16.5. The molecule has 7 heteroatoms. The van der Waals surface area contributed by atoms with E-state index in [1.807, 2.05) is 53.6 Å². The van der Waals surface area contributed by atoms with E-state index < -0.39 is 0 Å². The van der Waals surface area contributed by atoms with Crippen molar-refractivity contribution < 1.29 is 19.1 Å². The molecule has 202 valence electrons. The molecule has 0 aliphatic carbocycles. The molecule has 2 saturated heterocycles. The van der Waals surface area contributed by atoms with Gasteiger partial charge in [-0.25, -0.2) is 0 Å². The largest absolute Gasteiger partial charge is 0.497 e. The standard InChI is InChI=1S/C31H39N3O4/c1-21(2)15-22-5-7-23(8-6-22)30(36)33-19-31-12-4-14-38-28(31)11-13-34(20-31)29(35)16-24-18-32-27-17-25(37-3)9-10-26(24)27/h5-10,17-18,21,28,32H,4,11-16,19-20H2,1-3H3,(H,33,36)/t28-,31-/m1/s1. The van der Waals surface area contributed by atoms with Gasteiger partial charge in [-0.1, -0.05) is 26.0 Å². The zero-order chi connectivity index (χ0) is 26.7. The maximum absolute atomic E-state index is 13.5. The molecule has 38 heavy (non-hydrogen) atoms. The molecule has 2 aliphatic rings. The Labute approximate surface area is 224 Å². The van der Waals surface area contributed by atoms with E-state index in [9.17, 15) is 9.59 Å². The molecular weight excluding hydrogens is 478 g/mol. The van der Waals surface area contributed by atoms with Gasteiger partial charge in [0, 0.05) is 60.4 Å². The third kappa shape index (κ3) is 5.58.